The van der Waals surface area contributed by atoms with Crippen molar-refractivity contribution in [2.45, 2.75) is 37.8 Å². The lowest BCUT2D eigenvalue weighted by atomic mass is 9.74. The molecule has 1 amide bonds. The summed E-state index contributed by atoms with van der Waals surface area (Å²) >= 11 is 0. The molecule has 0 radical (unpaired) electrons. The van der Waals surface area contributed by atoms with Crippen molar-refractivity contribution in [1.82, 2.24) is 5.32 Å². The van der Waals surface area contributed by atoms with E-state index in [0.29, 0.717) is 25.0 Å². The summed E-state index contributed by atoms with van der Waals surface area (Å²) in [6.07, 6.45) is 1.73. The van der Waals surface area contributed by atoms with Crippen LogP contribution < -0.4 is 10.1 Å². The summed E-state index contributed by atoms with van der Waals surface area (Å²) < 4.78 is 32.0. The van der Waals surface area contributed by atoms with Gasteiger partial charge in [-0.1, -0.05) is 12.1 Å². The fraction of sp³-hybridized carbons (Fsp3) is 0.381. The average molecular weight is 373 g/mol. The maximum Gasteiger partial charge on any atom is 0.224 e. The first-order valence-corrected chi connectivity index (χ1v) is 9.16. The van der Waals surface area contributed by atoms with E-state index in [9.17, 15) is 18.7 Å². The number of nitrogens with one attached hydrogen (secondary N) is 1. The Morgan fingerprint density at radius 1 is 1.19 bits per heavy atom. The van der Waals surface area contributed by atoms with Crippen LogP contribution in [0.5, 0.6) is 5.75 Å². The molecule has 27 heavy (non-hydrogen) atoms. The third-order valence-electron chi connectivity index (χ3n) is 5.36. The van der Waals surface area contributed by atoms with Crippen molar-refractivity contribution >= 4 is 5.91 Å². The number of aliphatic hydroxyl groups excluding tert-OH is 1. The van der Waals surface area contributed by atoms with Gasteiger partial charge in [-0.25, -0.2) is 8.78 Å². The van der Waals surface area contributed by atoms with Gasteiger partial charge in [-0.05, 0) is 59.7 Å². The Morgan fingerprint density at radius 2 is 2.00 bits per heavy atom. The summed E-state index contributed by atoms with van der Waals surface area (Å²) in [4.78, 5) is 12.5. The van der Waals surface area contributed by atoms with E-state index < -0.39 is 11.6 Å². The fourth-order valence-corrected chi connectivity index (χ4v) is 3.83. The molecule has 1 atom stereocenters. The first-order valence-electron chi connectivity index (χ1n) is 9.16. The van der Waals surface area contributed by atoms with Crippen molar-refractivity contribution < 1.29 is 23.4 Å². The number of rotatable bonds is 5. The second-order valence-electron chi connectivity index (χ2n) is 7.32. The van der Waals surface area contributed by atoms with Crippen LogP contribution in [0.4, 0.5) is 8.78 Å². The first kappa shape index (κ1) is 17.9. The summed E-state index contributed by atoms with van der Waals surface area (Å²) in [5.41, 5.74) is 2.52. The number of ether oxygens (including phenoxy) is 1. The molecule has 1 unspecified atom stereocenters. The minimum absolute atomic E-state index is 0.0307. The van der Waals surface area contributed by atoms with Gasteiger partial charge in [-0.15, -0.1) is 0 Å². The van der Waals surface area contributed by atoms with Gasteiger partial charge in [0.25, 0.3) is 0 Å². The SMILES string of the molecule is O=C(Cc1ccc(F)c(F)c1)NC(c1ccc2c(c1)CCO2)C1CC(O)C1. The van der Waals surface area contributed by atoms with E-state index in [2.05, 4.69) is 11.4 Å². The van der Waals surface area contributed by atoms with Gasteiger partial charge in [0.1, 0.15) is 5.75 Å². The maximum absolute atomic E-state index is 13.4. The van der Waals surface area contributed by atoms with Gasteiger partial charge in [0.15, 0.2) is 11.6 Å². The standard InChI is InChI=1S/C21H21F2NO3/c22-17-3-1-12(7-18(17)23)8-20(26)24-21(15-10-16(25)11-15)14-2-4-19-13(9-14)5-6-27-19/h1-4,7,9,15-16,21,25H,5-6,8,10-11H2,(H,24,26). The molecule has 142 valence electrons. The summed E-state index contributed by atoms with van der Waals surface area (Å²) in [6, 6.07) is 9.17. The third-order valence-corrected chi connectivity index (χ3v) is 5.36. The second-order valence-corrected chi connectivity index (χ2v) is 7.32. The molecule has 1 heterocycles. The molecular weight excluding hydrogens is 352 g/mol. The monoisotopic (exact) mass is 373 g/mol. The van der Waals surface area contributed by atoms with Crippen LogP contribution in [0, 0.1) is 17.6 Å². The van der Waals surface area contributed by atoms with E-state index in [1.165, 1.54) is 6.07 Å². The van der Waals surface area contributed by atoms with Crippen molar-refractivity contribution in [2.75, 3.05) is 6.61 Å². The van der Waals surface area contributed by atoms with Gasteiger partial charge in [-0.2, -0.15) is 0 Å². The highest BCUT2D eigenvalue weighted by Gasteiger charge is 2.36. The van der Waals surface area contributed by atoms with Crippen molar-refractivity contribution in [3.63, 3.8) is 0 Å². The number of benzene rings is 2. The van der Waals surface area contributed by atoms with Crippen LogP contribution in [0.25, 0.3) is 0 Å². The molecule has 1 saturated carbocycles. The number of hydrogen-bond donors (Lipinski definition) is 2. The van der Waals surface area contributed by atoms with Crippen molar-refractivity contribution in [3.05, 3.63) is 64.7 Å². The number of aliphatic hydroxyl groups is 1. The molecule has 0 saturated heterocycles. The highest BCUT2D eigenvalue weighted by Crippen LogP contribution is 2.39. The van der Waals surface area contributed by atoms with Gasteiger partial charge in [0.2, 0.25) is 5.91 Å². The predicted molar refractivity (Wildman–Crippen MR) is 95.3 cm³/mol. The highest BCUT2D eigenvalue weighted by atomic mass is 19.2. The second kappa shape index (κ2) is 7.27. The van der Waals surface area contributed by atoms with E-state index in [1.54, 1.807) is 0 Å². The normalized spacial score (nSPS) is 21.7. The minimum atomic E-state index is -0.961. The van der Waals surface area contributed by atoms with E-state index in [0.717, 1.165) is 35.4 Å². The Balaban J connectivity index is 1.51. The maximum atomic E-state index is 13.4. The molecule has 0 aromatic heterocycles. The van der Waals surface area contributed by atoms with E-state index >= 15 is 0 Å². The molecule has 2 aromatic carbocycles. The Labute approximate surface area is 156 Å². The Bertz CT molecular complexity index is 865. The van der Waals surface area contributed by atoms with Crippen LogP contribution in [-0.2, 0) is 17.6 Å². The fourth-order valence-electron chi connectivity index (χ4n) is 3.83. The molecule has 0 spiro atoms. The highest BCUT2D eigenvalue weighted by molar-refractivity contribution is 5.79. The minimum Gasteiger partial charge on any atom is -0.493 e. The number of amides is 1. The summed E-state index contributed by atoms with van der Waals surface area (Å²) in [5, 5.41) is 12.7. The van der Waals surface area contributed by atoms with Crippen molar-refractivity contribution in [1.29, 1.82) is 0 Å². The zero-order valence-electron chi connectivity index (χ0n) is 14.8. The molecule has 1 fully saturated rings. The molecule has 1 aliphatic carbocycles. The third kappa shape index (κ3) is 3.81. The molecular formula is C21H21F2NO3. The molecule has 1 aliphatic heterocycles. The first-order chi connectivity index (χ1) is 13.0. The van der Waals surface area contributed by atoms with Crippen molar-refractivity contribution in [2.24, 2.45) is 5.92 Å². The quantitative estimate of drug-likeness (QED) is 0.847. The number of carbonyl (C=O) groups is 1. The lowest BCUT2D eigenvalue weighted by molar-refractivity contribution is -0.122. The topological polar surface area (TPSA) is 58.6 Å². The molecule has 6 heteroatoms. The van der Waals surface area contributed by atoms with Gasteiger partial charge in [0.05, 0.1) is 25.2 Å². The van der Waals surface area contributed by atoms with Crippen LogP contribution in [0.1, 0.15) is 35.6 Å². The summed E-state index contributed by atoms with van der Waals surface area (Å²) in [6.45, 7) is 0.661. The van der Waals surface area contributed by atoms with Gasteiger partial charge >= 0.3 is 0 Å². The Kier molecular flexibility index (Phi) is 4.83. The molecule has 0 bridgehead atoms. The Hall–Kier alpha value is -2.47. The lowest BCUT2D eigenvalue weighted by Crippen LogP contribution is -2.41. The zero-order valence-corrected chi connectivity index (χ0v) is 14.8. The largest absolute Gasteiger partial charge is 0.493 e. The van der Waals surface area contributed by atoms with Gasteiger partial charge in [-0.3, -0.25) is 4.79 Å². The van der Waals surface area contributed by atoms with Crippen LogP contribution in [0.3, 0.4) is 0 Å². The lowest BCUT2D eigenvalue weighted by Gasteiger charge is -2.38. The van der Waals surface area contributed by atoms with E-state index in [1.807, 2.05) is 12.1 Å². The van der Waals surface area contributed by atoms with Crippen LogP contribution in [0.2, 0.25) is 0 Å². The van der Waals surface area contributed by atoms with Gasteiger partial charge < -0.3 is 15.2 Å². The molecule has 4 nitrogen and oxygen atoms in total. The van der Waals surface area contributed by atoms with Crippen molar-refractivity contribution in [3.8, 4) is 5.75 Å². The smallest absolute Gasteiger partial charge is 0.224 e. The average Bonchev–Trinajstić information content (AvgIpc) is 3.08. The van der Waals surface area contributed by atoms with Crippen LogP contribution in [0.15, 0.2) is 36.4 Å². The number of fused-ring (bicyclic) bond motifs is 1. The van der Waals surface area contributed by atoms with E-state index in [-0.39, 0.29) is 30.4 Å². The molecule has 2 aliphatic rings. The number of halogens is 2. The predicted octanol–water partition coefficient (Wildman–Crippen LogP) is 3.07. The summed E-state index contributed by atoms with van der Waals surface area (Å²) in [5.74, 6) is -1.13. The molecule has 4 rings (SSSR count). The Morgan fingerprint density at radius 3 is 2.74 bits per heavy atom. The van der Waals surface area contributed by atoms with Crippen LogP contribution >= 0.6 is 0 Å². The summed E-state index contributed by atoms with van der Waals surface area (Å²) in [7, 11) is 0. The van der Waals surface area contributed by atoms with Crippen LogP contribution in [-0.4, -0.2) is 23.7 Å². The van der Waals surface area contributed by atoms with Gasteiger partial charge in [0, 0.05) is 6.42 Å². The number of hydrogen-bond acceptors (Lipinski definition) is 3. The molecule has 2 N–H and O–H groups in total. The van der Waals surface area contributed by atoms with E-state index in [4.69, 9.17) is 4.74 Å². The molecule has 2 aromatic rings. The number of carbonyl (C=O) groups excluding carboxylic acids is 1. The zero-order chi connectivity index (χ0) is 19.0.